The first-order valence-electron chi connectivity index (χ1n) is 7.43. The Morgan fingerprint density at radius 3 is 2.65 bits per heavy atom. The molecule has 0 N–H and O–H groups in total. The van der Waals surface area contributed by atoms with Gasteiger partial charge in [0.15, 0.2) is 0 Å². The van der Waals surface area contributed by atoms with Crippen LogP contribution in [0.15, 0.2) is 47.6 Å². The molecule has 1 unspecified atom stereocenters. The Kier molecular flexibility index (Phi) is 5.53. The molecule has 0 aliphatic heterocycles. The average Bonchev–Trinajstić information content (AvgIpc) is 3.02. The first-order chi connectivity index (χ1) is 11.0. The number of hydrogen-bond donors (Lipinski definition) is 0. The van der Waals surface area contributed by atoms with Gasteiger partial charge in [-0.05, 0) is 12.5 Å². The minimum atomic E-state index is -3.63. The maximum atomic E-state index is 12.6. The van der Waals surface area contributed by atoms with E-state index < -0.39 is 10.0 Å². The molecule has 1 heterocycles. The lowest BCUT2D eigenvalue weighted by Gasteiger charge is -2.20. The molecule has 6 nitrogen and oxygen atoms in total. The second-order valence-electron chi connectivity index (χ2n) is 5.35. The average molecular weight is 332 g/mol. The highest BCUT2D eigenvalue weighted by molar-refractivity contribution is 7.89. The minimum Gasteiger partial charge on any atom is -0.267 e. The second-order valence-corrected chi connectivity index (χ2v) is 7.28. The fourth-order valence-electron chi connectivity index (χ4n) is 2.23. The van der Waals surface area contributed by atoms with Crippen LogP contribution >= 0.6 is 0 Å². The highest BCUT2D eigenvalue weighted by Crippen LogP contribution is 2.16. The topological polar surface area (TPSA) is 79.0 Å². The van der Waals surface area contributed by atoms with Crippen molar-refractivity contribution in [2.45, 2.75) is 25.3 Å². The van der Waals surface area contributed by atoms with Crippen molar-refractivity contribution < 1.29 is 8.42 Å². The van der Waals surface area contributed by atoms with E-state index in [0.717, 1.165) is 5.56 Å². The molecule has 0 radical (unpaired) electrons. The molecular formula is C16H20N4O2S. The van der Waals surface area contributed by atoms with Gasteiger partial charge in [-0.2, -0.15) is 14.7 Å². The molecule has 1 atom stereocenters. The summed E-state index contributed by atoms with van der Waals surface area (Å²) in [5, 5.41) is 13.0. The third kappa shape index (κ3) is 4.18. The normalized spacial score (nSPS) is 13.0. The van der Waals surface area contributed by atoms with Crippen LogP contribution in [0.2, 0.25) is 0 Å². The highest BCUT2D eigenvalue weighted by Gasteiger charge is 2.26. The fourth-order valence-corrected chi connectivity index (χ4v) is 3.72. The van der Waals surface area contributed by atoms with E-state index in [2.05, 4.69) is 11.2 Å². The van der Waals surface area contributed by atoms with Crippen molar-refractivity contribution in [3.05, 3.63) is 48.3 Å². The molecule has 1 aromatic heterocycles. The summed E-state index contributed by atoms with van der Waals surface area (Å²) in [5.41, 5.74) is 1.05. The second kappa shape index (κ2) is 7.40. The molecular weight excluding hydrogens is 312 g/mol. The van der Waals surface area contributed by atoms with Gasteiger partial charge in [0.2, 0.25) is 10.0 Å². The van der Waals surface area contributed by atoms with Gasteiger partial charge < -0.3 is 0 Å². The number of rotatable bonds is 7. The molecule has 0 aliphatic carbocycles. The summed E-state index contributed by atoms with van der Waals surface area (Å²) in [6.45, 7) is 4.47. The Bertz CT molecular complexity index is 778. The first kappa shape index (κ1) is 17.2. The van der Waals surface area contributed by atoms with E-state index in [9.17, 15) is 8.42 Å². The number of sulfonamides is 1. The number of aromatic nitrogens is 2. The zero-order chi connectivity index (χ0) is 16.9. The number of nitrogens with zero attached hydrogens (tertiary/aromatic N) is 4. The zero-order valence-corrected chi connectivity index (χ0v) is 14.1. The molecule has 0 fully saturated rings. The van der Waals surface area contributed by atoms with Gasteiger partial charge in [-0.25, -0.2) is 8.42 Å². The van der Waals surface area contributed by atoms with Gasteiger partial charge in [0.1, 0.15) is 4.90 Å². The summed E-state index contributed by atoms with van der Waals surface area (Å²) in [6.07, 6.45) is 2.89. The van der Waals surface area contributed by atoms with Crippen LogP contribution in [0.3, 0.4) is 0 Å². The standard InChI is InChI=1S/C16H20N4O2S/c1-3-20(11-14(2)9-17)23(21,22)16-10-18-19(13-16)12-15-7-5-4-6-8-15/h4-8,10,13-14H,3,11-12H2,1-2H3. The Morgan fingerprint density at radius 2 is 2.04 bits per heavy atom. The van der Waals surface area contributed by atoms with E-state index in [1.165, 1.54) is 16.7 Å². The zero-order valence-electron chi connectivity index (χ0n) is 13.3. The third-order valence-corrected chi connectivity index (χ3v) is 5.38. The van der Waals surface area contributed by atoms with Crippen LogP contribution in [-0.2, 0) is 16.6 Å². The number of hydrogen-bond acceptors (Lipinski definition) is 4. The van der Waals surface area contributed by atoms with Gasteiger partial charge in [0.25, 0.3) is 0 Å². The lowest BCUT2D eigenvalue weighted by atomic mass is 10.2. The molecule has 0 saturated heterocycles. The van der Waals surface area contributed by atoms with Crippen molar-refractivity contribution in [1.29, 1.82) is 5.26 Å². The van der Waals surface area contributed by atoms with Crippen LogP contribution in [0.1, 0.15) is 19.4 Å². The van der Waals surface area contributed by atoms with Gasteiger partial charge in [0.05, 0.1) is 24.7 Å². The molecule has 2 rings (SSSR count). The van der Waals surface area contributed by atoms with Crippen LogP contribution in [0, 0.1) is 17.2 Å². The number of benzene rings is 1. The smallest absolute Gasteiger partial charge is 0.246 e. The molecule has 0 spiro atoms. The van der Waals surface area contributed by atoms with Crippen LogP contribution in [0.4, 0.5) is 0 Å². The van der Waals surface area contributed by atoms with Gasteiger partial charge >= 0.3 is 0 Å². The molecule has 0 amide bonds. The highest BCUT2D eigenvalue weighted by atomic mass is 32.2. The molecule has 0 saturated carbocycles. The summed E-state index contributed by atoms with van der Waals surface area (Å²) in [4.78, 5) is 0.153. The van der Waals surface area contributed by atoms with Crippen LogP contribution in [0.25, 0.3) is 0 Å². The predicted molar refractivity (Wildman–Crippen MR) is 87.0 cm³/mol. The van der Waals surface area contributed by atoms with Gasteiger partial charge in [-0.1, -0.05) is 37.3 Å². The van der Waals surface area contributed by atoms with Crippen molar-refractivity contribution in [3.63, 3.8) is 0 Å². The van der Waals surface area contributed by atoms with Crippen molar-refractivity contribution in [2.24, 2.45) is 5.92 Å². The molecule has 23 heavy (non-hydrogen) atoms. The monoisotopic (exact) mass is 332 g/mol. The van der Waals surface area contributed by atoms with Crippen molar-refractivity contribution in [2.75, 3.05) is 13.1 Å². The molecule has 7 heteroatoms. The molecule has 0 bridgehead atoms. The van der Waals surface area contributed by atoms with Gasteiger partial charge in [0, 0.05) is 19.3 Å². The summed E-state index contributed by atoms with van der Waals surface area (Å²) in [6, 6.07) is 11.8. The Labute approximate surface area is 137 Å². The Morgan fingerprint density at radius 1 is 1.35 bits per heavy atom. The Balaban J connectivity index is 2.19. The lowest BCUT2D eigenvalue weighted by molar-refractivity contribution is 0.400. The van der Waals surface area contributed by atoms with E-state index in [4.69, 9.17) is 5.26 Å². The molecule has 1 aromatic carbocycles. The SMILES string of the molecule is CCN(CC(C)C#N)S(=O)(=O)c1cnn(Cc2ccccc2)c1. The van der Waals surface area contributed by atoms with E-state index in [0.29, 0.717) is 13.1 Å². The fraction of sp³-hybridized carbons (Fsp3) is 0.375. The summed E-state index contributed by atoms with van der Waals surface area (Å²) >= 11 is 0. The quantitative estimate of drug-likeness (QED) is 0.778. The van der Waals surface area contributed by atoms with Crippen LogP contribution < -0.4 is 0 Å². The van der Waals surface area contributed by atoms with E-state index in [-0.39, 0.29) is 17.4 Å². The Hall–Kier alpha value is -2.17. The van der Waals surface area contributed by atoms with E-state index in [1.807, 2.05) is 30.3 Å². The largest absolute Gasteiger partial charge is 0.267 e. The molecule has 2 aromatic rings. The maximum Gasteiger partial charge on any atom is 0.246 e. The van der Waals surface area contributed by atoms with Crippen molar-refractivity contribution in [1.82, 2.24) is 14.1 Å². The molecule has 0 aliphatic rings. The first-order valence-corrected chi connectivity index (χ1v) is 8.87. The van der Waals surface area contributed by atoms with E-state index >= 15 is 0 Å². The summed E-state index contributed by atoms with van der Waals surface area (Å²) < 4.78 is 28.2. The minimum absolute atomic E-state index is 0.153. The van der Waals surface area contributed by atoms with Crippen LogP contribution in [-0.4, -0.2) is 35.6 Å². The lowest BCUT2D eigenvalue weighted by Crippen LogP contribution is -2.34. The summed E-state index contributed by atoms with van der Waals surface area (Å²) in [7, 11) is -3.63. The maximum absolute atomic E-state index is 12.6. The summed E-state index contributed by atoms with van der Waals surface area (Å²) in [5.74, 6) is -0.357. The van der Waals surface area contributed by atoms with E-state index in [1.54, 1.807) is 18.5 Å². The predicted octanol–water partition coefficient (Wildman–Crippen LogP) is 2.10. The van der Waals surface area contributed by atoms with Gasteiger partial charge in [-0.15, -0.1) is 0 Å². The van der Waals surface area contributed by atoms with Crippen LogP contribution in [0.5, 0.6) is 0 Å². The van der Waals surface area contributed by atoms with Crippen molar-refractivity contribution >= 4 is 10.0 Å². The third-order valence-electron chi connectivity index (χ3n) is 3.49. The van der Waals surface area contributed by atoms with Gasteiger partial charge in [-0.3, -0.25) is 4.68 Å². The molecule has 122 valence electrons. The number of nitriles is 1. The van der Waals surface area contributed by atoms with Crippen molar-refractivity contribution in [3.8, 4) is 6.07 Å².